The highest BCUT2D eigenvalue weighted by molar-refractivity contribution is 5.99. The second-order valence-corrected chi connectivity index (χ2v) is 6.56. The van der Waals surface area contributed by atoms with E-state index in [0.29, 0.717) is 11.3 Å². The molecule has 1 heterocycles. The molecule has 0 atom stereocenters. The lowest BCUT2D eigenvalue weighted by atomic mass is 10.1. The number of hydrogen-bond donors (Lipinski definition) is 2. The van der Waals surface area contributed by atoms with Crippen LogP contribution in [0.3, 0.4) is 0 Å². The van der Waals surface area contributed by atoms with Crippen LogP contribution in [0.15, 0.2) is 48.5 Å². The molecule has 0 spiro atoms. The Morgan fingerprint density at radius 1 is 1.04 bits per heavy atom. The molecule has 6 heteroatoms. The van der Waals surface area contributed by atoms with Crippen molar-refractivity contribution in [2.45, 2.75) is 19.3 Å². The number of benzene rings is 2. The number of hydrogen-bond acceptors (Lipinski definition) is 4. The summed E-state index contributed by atoms with van der Waals surface area (Å²) in [4.78, 5) is 26.6. The second-order valence-electron chi connectivity index (χ2n) is 6.56. The number of nitrogens with one attached hydrogen (secondary N) is 2. The van der Waals surface area contributed by atoms with Crippen LogP contribution in [0.1, 0.15) is 29.6 Å². The van der Waals surface area contributed by atoms with Gasteiger partial charge in [0.25, 0.3) is 5.91 Å². The average Bonchev–Trinajstić information content (AvgIpc) is 2.73. The summed E-state index contributed by atoms with van der Waals surface area (Å²) in [5, 5.41) is 5.42. The molecule has 0 unspecified atom stereocenters. The van der Waals surface area contributed by atoms with E-state index < -0.39 is 0 Å². The number of piperidine rings is 1. The van der Waals surface area contributed by atoms with Crippen molar-refractivity contribution in [1.29, 1.82) is 0 Å². The summed E-state index contributed by atoms with van der Waals surface area (Å²) in [6.45, 7) is 2.08. The van der Waals surface area contributed by atoms with Gasteiger partial charge in [0.15, 0.2) is 0 Å². The topological polar surface area (TPSA) is 70.7 Å². The van der Waals surface area contributed by atoms with Crippen LogP contribution in [0.4, 0.5) is 11.4 Å². The van der Waals surface area contributed by atoms with Crippen LogP contribution in [0.25, 0.3) is 0 Å². The fourth-order valence-electron chi connectivity index (χ4n) is 3.14. The minimum Gasteiger partial charge on any atom is -0.497 e. The predicted octanol–water partition coefficient (Wildman–Crippen LogP) is 3.05. The van der Waals surface area contributed by atoms with Gasteiger partial charge in [-0.25, -0.2) is 0 Å². The number of nitrogens with zero attached hydrogens (tertiary/aromatic N) is 1. The third-order valence-electron chi connectivity index (χ3n) is 4.61. The molecule has 2 aromatic carbocycles. The minimum atomic E-state index is -0.315. The third-order valence-corrected chi connectivity index (χ3v) is 4.61. The van der Waals surface area contributed by atoms with E-state index >= 15 is 0 Å². The highest BCUT2D eigenvalue weighted by atomic mass is 16.5. The summed E-state index contributed by atoms with van der Waals surface area (Å²) in [6.07, 6.45) is 3.75. The Morgan fingerprint density at radius 3 is 2.48 bits per heavy atom. The Hall–Kier alpha value is -3.02. The van der Waals surface area contributed by atoms with Gasteiger partial charge in [0.05, 0.1) is 13.7 Å². The number of carbonyl (C=O) groups is 2. The van der Waals surface area contributed by atoms with Crippen LogP contribution in [0, 0.1) is 0 Å². The molecule has 2 N–H and O–H groups in total. The first-order valence-corrected chi connectivity index (χ1v) is 9.23. The van der Waals surface area contributed by atoms with Crippen LogP contribution >= 0.6 is 0 Å². The van der Waals surface area contributed by atoms with Gasteiger partial charge < -0.3 is 20.3 Å². The van der Waals surface area contributed by atoms with Crippen molar-refractivity contribution in [3.63, 3.8) is 0 Å². The van der Waals surface area contributed by atoms with E-state index in [1.54, 1.807) is 31.4 Å². The zero-order valence-electron chi connectivity index (χ0n) is 15.5. The van der Waals surface area contributed by atoms with Crippen molar-refractivity contribution in [2.24, 2.45) is 0 Å². The van der Waals surface area contributed by atoms with E-state index in [-0.39, 0.29) is 18.4 Å². The maximum atomic E-state index is 12.1. The first-order chi connectivity index (χ1) is 13.2. The van der Waals surface area contributed by atoms with Gasteiger partial charge >= 0.3 is 0 Å². The van der Waals surface area contributed by atoms with Gasteiger partial charge in [0, 0.05) is 30.0 Å². The van der Waals surface area contributed by atoms with Crippen LogP contribution in [-0.2, 0) is 4.79 Å². The van der Waals surface area contributed by atoms with Crippen molar-refractivity contribution in [1.82, 2.24) is 5.32 Å². The Labute approximate surface area is 159 Å². The molecule has 0 saturated carbocycles. The van der Waals surface area contributed by atoms with Crippen molar-refractivity contribution in [3.8, 4) is 5.75 Å². The monoisotopic (exact) mass is 367 g/mol. The predicted molar refractivity (Wildman–Crippen MR) is 106 cm³/mol. The number of ether oxygens (including phenoxy) is 1. The van der Waals surface area contributed by atoms with E-state index in [4.69, 9.17) is 4.74 Å². The molecule has 1 aliphatic heterocycles. The number of methoxy groups -OCH3 is 1. The zero-order chi connectivity index (χ0) is 19.1. The molecule has 142 valence electrons. The highest BCUT2D eigenvalue weighted by Gasteiger charge is 2.12. The molecule has 0 bridgehead atoms. The van der Waals surface area contributed by atoms with Crippen LogP contribution in [0.5, 0.6) is 5.75 Å². The molecule has 2 aromatic rings. The number of rotatable bonds is 6. The van der Waals surface area contributed by atoms with E-state index in [2.05, 4.69) is 15.5 Å². The molecular weight excluding hydrogens is 342 g/mol. The number of amides is 2. The quantitative estimate of drug-likeness (QED) is 0.823. The summed E-state index contributed by atoms with van der Waals surface area (Å²) in [5.41, 5.74) is 2.35. The summed E-state index contributed by atoms with van der Waals surface area (Å²) in [5.74, 6) is 0.0161. The SMILES string of the molecule is COc1cccc(C(=O)NCC(=O)Nc2ccc(N3CCCCC3)cc2)c1. The van der Waals surface area contributed by atoms with Crippen molar-refractivity contribution < 1.29 is 14.3 Å². The Morgan fingerprint density at radius 2 is 1.78 bits per heavy atom. The van der Waals surface area contributed by atoms with Crippen molar-refractivity contribution >= 4 is 23.2 Å². The summed E-state index contributed by atoms with van der Waals surface area (Å²) >= 11 is 0. The molecule has 6 nitrogen and oxygen atoms in total. The van der Waals surface area contributed by atoms with Gasteiger partial charge in [0.1, 0.15) is 5.75 Å². The lowest BCUT2D eigenvalue weighted by molar-refractivity contribution is -0.115. The summed E-state index contributed by atoms with van der Waals surface area (Å²) < 4.78 is 5.10. The molecule has 27 heavy (non-hydrogen) atoms. The number of carbonyl (C=O) groups excluding carboxylic acids is 2. The molecule has 1 aliphatic rings. The maximum Gasteiger partial charge on any atom is 0.251 e. The second kappa shape index (κ2) is 9.07. The first kappa shape index (κ1) is 18.8. The lowest BCUT2D eigenvalue weighted by Gasteiger charge is -2.28. The van der Waals surface area contributed by atoms with E-state index in [1.165, 1.54) is 24.9 Å². The molecule has 3 rings (SSSR count). The number of anilines is 2. The van der Waals surface area contributed by atoms with Gasteiger partial charge in [-0.3, -0.25) is 9.59 Å². The van der Waals surface area contributed by atoms with Gasteiger partial charge in [-0.05, 0) is 61.7 Å². The smallest absolute Gasteiger partial charge is 0.251 e. The van der Waals surface area contributed by atoms with E-state index in [1.807, 2.05) is 24.3 Å². The van der Waals surface area contributed by atoms with Gasteiger partial charge in [-0.2, -0.15) is 0 Å². The molecule has 1 saturated heterocycles. The minimum absolute atomic E-state index is 0.0933. The fourth-order valence-corrected chi connectivity index (χ4v) is 3.14. The Kier molecular flexibility index (Phi) is 6.30. The normalized spacial score (nSPS) is 13.7. The Bertz CT molecular complexity index is 784. The zero-order valence-corrected chi connectivity index (χ0v) is 15.5. The third kappa shape index (κ3) is 5.23. The molecule has 0 aromatic heterocycles. The van der Waals surface area contributed by atoms with Crippen LogP contribution in [-0.4, -0.2) is 38.6 Å². The summed E-state index contributed by atoms with van der Waals surface area (Å²) in [7, 11) is 1.54. The largest absolute Gasteiger partial charge is 0.497 e. The Balaban J connectivity index is 1.49. The lowest BCUT2D eigenvalue weighted by Crippen LogP contribution is -2.32. The first-order valence-electron chi connectivity index (χ1n) is 9.23. The van der Waals surface area contributed by atoms with Crippen LogP contribution < -0.4 is 20.3 Å². The molecular formula is C21H25N3O3. The van der Waals surface area contributed by atoms with Crippen LogP contribution in [0.2, 0.25) is 0 Å². The molecule has 1 fully saturated rings. The highest BCUT2D eigenvalue weighted by Crippen LogP contribution is 2.21. The molecule has 0 radical (unpaired) electrons. The molecule has 2 amide bonds. The van der Waals surface area contributed by atoms with Gasteiger partial charge in [-0.15, -0.1) is 0 Å². The van der Waals surface area contributed by atoms with E-state index in [9.17, 15) is 9.59 Å². The van der Waals surface area contributed by atoms with Gasteiger partial charge in [0.2, 0.25) is 5.91 Å². The summed E-state index contributed by atoms with van der Waals surface area (Å²) in [6, 6.07) is 14.6. The molecule has 0 aliphatic carbocycles. The van der Waals surface area contributed by atoms with E-state index in [0.717, 1.165) is 18.8 Å². The average molecular weight is 367 g/mol. The standard InChI is InChI=1S/C21H25N3O3/c1-27-19-7-5-6-16(14-19)21(26)22-15-20(25)23-17-8-10-18(11-9-17)24-12-3-2-4-13-24/h5-11,14H,2-4,12-13,15H2,1H3,(H,22,26)(H,23,25). The maximum absolute atomic E-state index is 12.1. The van der Waals surface area contributed by atoms with Gasteiger partial charge in [-0.1, -0.05) is 6.07 Å². The van der Waals surface area contributed by atoms with Crippen molar-refractivity contribution in [2.75, 3.05) is 37.0 Å². The van der Waals surface area contributed by atoms with Crippen molar-refractivity contribution in [3.05, 3.63) is 54.1 Å². The fraction of sp³-hybridized carbons (Fsp3) is 0.333.